The number of benzene rings is 2. The molecule has 0 fully saturated rings. The van der Waals surface area contributed by atoms with Crippen LogP contribution < -0.4 is 10.1 Å². The van der Waals surface area contributed by atoms with Crippen LogP contribution in [-0.4, -0.2) is 18.6 Å². The van der Waals surface area contributed by atoms with Crippen molar-refractivity contribution in [1.29, 1.82) is 0 Å². The first-order valence-electron chi connectivity index (χ1n) is 8.22. The first-order chi connectivity index (χ1) is 11.5. The van der Waals surface area contributed by atoms with Crippen LogP contribution in [0, 0.1) is 19.7 Å². The molecule has 0 aliphatic carbocycles. The highest BCUT2D eigenvalue weighted by Gasteiger charge is 2.15. The van der Waals surface area contributed by atoms with Crippen molar-refractivity contribution in [3.8, 4) is 5.75 Å². The Bertz CT molecular complexity index is 683. The van der Waals surface area contributed by atoms with E-state index in [-0.39, 0.29) is 11.7 Å². The van der Waals surface area contributed by atoms with Crippen LogP contribution in [0.4, 0.5) is 4.39 Å². The fourth-order valence-electron chi connectivity index (χ4n) is 2.39. The maximum atomic E-state index is 12.8. The summed E-state index contributed by atoms with van der Waals surface area (Å²) in [5.74, 6) is 0.378. The molecule has 1 N–H and O–H groups in total. The summed E-state index contributed by atoms with van der Waals surface area (Å²) in [6, 6.07) is 12.3. The van der Waals surface area contributed by atoms with Gasteiger partial charge in [-0.2, -0.15) is 0 Å². The Labute approximate surface area is 142 Å². The fourth-order valence-corrected chi connectivity index (χ4v) is 2.39. The molecule has 24 heavy (non-hydrogen) atoms. The van der Waals surface area contributed by atoms with Crippen molar-refractivity contribution in [2.75, 3.05) is 6.54 Å². The van der Waals surface area contributed by atoms with Crippen molar-refractivity contribution < 1.29 is 13.9 Å². The van der Waals surface area contributed by atoms with Gasteiger partial charge in [0.2, 0.25) is 0 Å². The van der Waals surface area contributed by atoms with Crippen LogP contribution in [0.25, 0.3) is 0 Å². The van der Waals surface area contributed by atoms with Gasteiger partial charge in [0, 0.05) is 6.54 Å². The molecule has 0 bridgehead atoms. The molecule has 0 aliphatic heterocycles. The van der Waals surface area contributed by atoms with Crippen LogP contribution >= 0.6 is 0 Å². The molecule has 2 rings (SSSR count). The van der Waals surface area contributed by atoms with Crippen LogP contribution in [0.15, 0.2) is 42.5 Å². The standard InChI is InChI=1S/C20H24FNO2/c1-14-6-4-8-19(15(14)2)24-16(3)20(23)22-13-5-7-17-9-11-18(21)12-10-17/h4,6,8-12,16H,5,7,13H2,1-3H3,(H,22,23)/t16-/m0/s1. The monoisotopic (exact) mass is 329 g/mol. The van der Waals surface area contributed by atoms with Gasteiger partial charge in [-0.1, -0.05) is 24.3 Å². The summed E-state index contributed by atoms with van der Waals surface area (Å²) < 4.78 is 18.6. The van der Waals surface area contributed by atoms with Gasteiger partial charge in [0.25, 0.3) is 5.91 Å². The van der Waals surface area contributed by atoms with Crippen molar-refractivity contribution in [3.05, 3.63) is 65.0 Å². The number of amides is 1. The summed E-state index contributed by atoms with van der Waals surface area (Å²) in [4.78, 5) is 12.1. The molecule has 1 atom stereocenters. The third kappa shape index (κ3) is 5.08. The smallest absolute Gasteiger partial charge is 0.260 e. The van der Waals surface area contributed by atoms with Crippen LogP contribution in [0.1, 0.15) is 30.0 Å². The summed E-state index contributed by atoms with van der Waals surface area (Å²) in [7, 11) is 0. The van der Waals surface area contributed by atoms with E-state index < -0.39 is 6.10 Å². The summed E-state index contributed by atoms with van der Waals surface area (Å²) in [6.45, 7) is 6.31. The lowest BCUT2D eigenvalue weighted by molar-refractivity contribution is -0.127. The number of ether oxygens (including phenoxy) is 1. The van der Waals surface area contributed by atoms with Gasteiger partial charge in [-0.25, -0.2) is 4.39 Å². The van der Waals surface area contributed by atoms with Gasteiger partial charge in [-0.3, -0.25) is 4.79 Å². The molecule has 0 aliphatic rings. The Kier molecular flexibility index (Phi) is 6.36. The normalized spacial score (nSPS) is 11.8. The van der Waals surface area contributed by atoms with Gasteiger partial charge >= 0.3 is 0 Å². The van der Waals surface area contributed by atoms with Gasteiger partial charge < -0.3 is 10.1 Å². The Hall–Kier alpha value is -2.36. The number of hydrogen-bond donors (Lipinski definition) is 1. The van der Waals surface area contributed by atoms with E-state index in [1.807, 2.05) is 32.0 Å². The number of aryl methyl sites for hydroxylation is 2. The third-order valence-electron chi connectivity index (χ3n) is 4.08. The van der Waals surface area contributed by atoms with E-state index in [9.17, 15) is 9.18 Å². The van der Waals surface area contributed by atoms with E-state index >= 15 is 0 Å². The van der Waals surface area contributed by atoms with Gasteiger partial charge in [-0.05, 0) is 68.5 Å². The van der Waals surface area contributed by atoms with E-state index in [1.54, 1.807) is 19.1 Å². The molecule has 2 aromatic carbocycles. The van der Waals surface area contributed by atoms with E-state index in [0.717, 1.165) is 35.3 Å². The highest BCUT2D eigenvalue weighted by molar-refractivity contribution is 5.80. The highest BCUT2D eigenvalue weighted by atomic mass is 19.1. The predicted octanol–water partition coefficient (Wildman–Crippen LogP) is 3.96. The minimum absolute atomic E-state index is 0.130. The van der Waals surface area contributed by atoms with E-state index in [1.165, 1.54) is 12.1 Å². The van der Waals surface area contributed by atoms with Crippen LogP contribution in [0.3, 0.4) is 0 Å². The molecule has 2 aromatic rings. The number of rotatable bonds is 7. The zero-order valence-corrected chi connectivity index (χ0v) is 14.4. The second-order valence-corrected chi connectivity index (χ2v) is 5.98. The predicted molar refractivity (Wildman–Crippen MR) is 93.7 cm³/mol. The molecule has 128 valence electrons. The van der Waals surface area contributed by atoms with Crippen molar-refractivity contribution in [2.24, 2.45) is 0 Å². The minimum Gasteiger partial charge on any atom is -0.481 e. The summed E-state index contributed by atoms with van der Waals surface area (Å²) >= 11 is 0. The van der Waals surface area contributed by atoms with Crippen LogP contribution in [0.2, 0.25) is 0 Å². The average molecular weight is 329 g/mol. The first kappa shape index (κ1) is 18.0. The van der Waals surface area contributed by atoms with Crippen molar-refractivity contribution >= 4 is 5.91 Å². The Balaban J connectivity index is 1.75. The Morgan fingerprint density at radius 1 is 1.17 bits per heavy atom. The number of carbonyl (C=O) groups excluding carboxylic acids is 1. The van der Waals surface area contributed by atoms with Gasteiger partial charge in [0.15, 0.2) is 6.10 Å². The maximum absolute atomic E-state index is 12.8. The third-order valence-corrected chi connectivity index (χ3v) is 4.08. The number of hydrogen-bond acceptors (Lipinski definition) is 2. The molecule has 0 unspecified atom stereocenters. The van der Waals surface area contributed by atoms with E-state index in [0.29, 0.717) is 6.54 Å². The number of halogens is 1. The summed E-state index contributed by atoms with van der Waals surface area (Å²) in [5.41, 5.74) is 3.25. The number of carbonyl (C=O) groups is 1. The molecule has 1 amide bonds. The van der Waals surface area contributed by atoms with Crippen molar-refractivity contribution in [2.45, 2.75) is 39.7 Å². The van der Waals surface area contributed by atoms with Crippen LogP contribution in [0.5, 0.6) is 5.75 Å². The molecule has 0 heterocycles. The maximum Gasteiger partial charge on any atom is 0.260 e. The molecule has 0 radical (unpaired) electrons. The Morgan fingerprint density at radius 2 is 1.88 bits per heavy atom. The molecule has 0 saturated carbocycles. The topological polar surface area (TPSA) is 38.3 Å². The van der Waals surface area contributed by atoms with E-state index in [2.05, 4.69) is 5.32 Å². The van der Waals surface area contributed by atoms with Gasteiger partial charge in [0.05, 0.1) is 0 Å². The van der Waals surface area contributed by atoms with Gasteiger partial charge in [0.1, 0.15) is 11.6 Å². The molecular formula is C20H24FNO2. The molecule has 4 heteroatoms. The van der Waals surface area contributed by atoms with E-state index in [4.69, 9.17) is 4.74 Å². The molecule has 0 aromatic heterocycles. The molecule has 3 nitrogen and oxygen atoms in total. The fraction of sp³-hybridized carbons (Fsp3) is 0.350. The average Bonchev–Trinajstić information content (AvgIpc) is 2.57. The minimum atomic E-state index is -0.545. The Morgan fingerprint density at radius 3 is 2.58 bits per heavy atom. The van der Waals surface area contributed by atoms with Crippen molar-refractivity contribution in [3.63, 3.8) is 0 Å². The van der Waals surface area contributed by atoms with Crippen LogP contribution in [-0.2, 0) is 11.2 Å². The second kappa shape index (κ2) is 8.48. The van der Waals surface area contributed by atoms with Crippen molar-refractivity contribution in [1.82, 2.24) is 5.32 Å². The second-order valence-electron chi connectivity index (χ2n) is 5.98. The quantitative estimate of drug-likeness (QED) is 0.781. The molecule has 0 spiro atoms. The lowest BCUT2D eigenvalue weighted by atomic mass is 10.1. The zero-order valence-electron chi connectivity index (χ0n) is 14.4. The first-order valence-corrected chi connectivity index (χ1v) is 8.22. The highest BCUT2D eigenvalue weighted by Crippen LogP contribution is 2.21. The summed E-state index contributed by atoms with van der Waals surface area (Å²) in [6.07, 6.45) is 1.05. The lowest BCUT2D eigenvalue weighted by Crippen LogP contribution is -2.37. The number of nitrogens with one attached hydrogen (secondary N) is 1. The summed E-state index contributed by atoms with van der Waals surface area (Å²) in [5, 5.41) is 2.88. The molecular weight excluding hydrogens is 305 g/mol. The van der Waals surface area contributed by atoms with Gasteiger partial charge in [-0.15, -0.1) is 0 Å². The largest absolute Gasteiger partial charge is 0.481 e. The molecule has 0 saturated heterocycles. The lowest BCUT2D eigenvalue weighted by Gasteiger charge is -2.17. The zero-order chi connectivity index (χ0) is 17.5. The SMILES string of the molecule is Cc1cccc(O[C@@H](C)C(=O)NCCCc2ccc(F)cc2)c1C.